The molecule has 0 aliphatic heterocycles. The van der Waals surface area contributed by atoms with Crippen LogP contribution in [0.3, 0.4) is 0 Å². The van der Waals surface area contributed by atoms with Crippen molar-refractivity contribution in [2.45, 2.75) is 26.4 Å². The largest absolute Gasteiger partial charge is 0.456 e. The smallest absolute Gasteiger partial charge is 0.340 e. The molecule has 0 atom stereocenters. The van der Waals surface area contributed by atoms with Crippen molar-refractivity contribution in [3.63, 3.8) is 0 Å². The Balaban J connectivity index is 3.24. The molecule has 98 valence electrons. The minimum absolute atomic E-state index is 0.0555. The summed E-state index contributed by atoms with van der Waals surface area (Å²) >= 11 is 17.1. The molecule has 0 unspecified atom stereocenters. The number of hydrogen-bond acceptors (Lipinski definition) is 3. The van der Waals surface area contributed by atoms with Gasteiger partial charge in [0.25, 0.3) is 5.24 Å². The Bertz CT molecular complexity index is 504. The van der Waals surface area contributed by atoms with Gasteiger partial charge in [-0.2, -0.15) is 0 Å². The zero-order valence-corrected chi connectivity index (χ0v) is 12.3. The first kappa shape index (κ1) is 15.3. The van der Waals surface area contributed by atoms with Gasteiger partial charge in [0.2, 0.25) is 0 Å². The monoisotopic (exact) mass is 308 g/mol. The fourth-order valence-corrected chi connectivity index (χ4v) is 2.14. The zero-order valence-electron chi connectivity index (χ0n) is 10.0. The number of halogens is 3. The minimum atomic E-state index is -0.824. The predicted molar refractivity (Wildman–Crippen MR) is 71.8 cm³/mol. The van der Waals surface area contributed by atoms with Gasteiger partial charge < -0.3 is 4.74 Å². The summed E-state index contributed by atoms with van der Waals surface area (Å²) in [6.07, 6.45) is 0. The lowest BCUT2D eigenvalue weighted by Gasteiger charge is -2.20. The topological polar surface area (TPSA) is 43.4 Å². The maximum Gasteiger partial charge on any atom is 0.340 e. The summed E-state index contributed by atoms with van der Waals surface area (Å²) in [6.45, 7) is 5.17. The van der Waals surface area contributed by atoms with Crippen LogP contribution in [0.25, 0.3) is 0 Å². The Labute approximate surface area is 120 Å². The molecule has 0 aromatic heterocycles. The lowest BCUT2D eigenvalue weighted by molar-refractivity contribution is 0.00697. The van der Waals surface area contributed by atoms with Crippen LogP contribution < -0.4 is 0 Å². The molecule has 0 amide bonds. The van der Waals surface area contributed by atoms with Gasteiger partial charge in [0.05, 0.1) is 21.2 Å². The number of carbonyl (C=O) groups is 2. The number of ether oxygens (including phenoxy) is 1. The first-order chi connectivity index (χ1) is 8.13. The predicted octanol–water partition coefficient (Wildman–Crippen LogP) is 4.33. The van der Waals surface area contributed by atoms with E-state index in [1.54, 1.807) is 20.8 Å². The highest BCUT2D eigenvalue weighted by Gasteiger charge is 2.24. The molecule has 0 saturated carbocycles. The summed E-state index contributed by atoms with van der Waals surface area (Å²) in [7, 11) is 0. The second kappa shape index (κ2) is 5.47. The summed E-state index contributed by atoms with van der Waals surface area (Å²) in [4.78, 5) is 23.1. The highest BCUT2D eigenvalue weighted by molar-refractivity contribution is 6.70. The van der Waals surface area contributed by atoms with Crippen molar-refractivity contribution in [3.8, 4) is 0 Å². The second-order valence-electron chi connectivity index (χ2n) is 4.56. The summed E-state index contributed by atoms with van der Waals surface area (Å²) in [5, 5.41) is -0.834. The van der Waals surface area contributed by atoms with Crippen LogP contribution in [0, 0.1) is 0 Å². The van der Waals surface area contributed by atoms with Crippen molar-refractivity contribution >= 4 is 46.0 Å². The molecule has 0 bridgehead atoms. The molecule has 0 radical (unpaired) electrons. The number of esters is 1. The van der Waals surface area contributed by atoms with Crippen LogP contribution in [-0.4, -0.2) is 16.8 Å². The van der Waals surface area contributed by atoms with E-state index in [2.05, 4.69) is 0 Å². The fourth-order valence-electron chi connectivity index (χ4n) is 1.22. The van der Waals surface area contributed by atoms with Crippen molar-refractivity contribution in [1.82, 2.24) is 0 Å². The van der Waals surface area contributed by atoms with E-state index in [0.29, 0.717) is 0 Å². The average molecular weight is 310 g/mol. The van der Waals surface area contributed by atoms with Gasteiger partial charge in [-0.1, -0.05) is 23.2 Å². The number of hydrogen-bond donors (Lipinski definition) is 0. The normalized spacial score (nSPS) is 11.2. The quantitative estimate of drug-likeness (QED) is 0.603. The third kappa shape index (κ3) is 3.61. The van der Waals surface area contributed by atoms with Crippen LogP contribution in [0.1, 0.15) is 41.5 Å². The molecule has 0 heterocycles. The van der Waals surface area contributed by atoms with Gasteiger partial charge in [0.15, 0.2) is 0 Å². The SMILES string of the molecule is CC(C)(C)OC(=O)c1ccc(Cl)c(C(=O)Cl)c1Cl. The molecule has 0 saturated heterocycles. The van der Waals surface area contributed by atoms with Crippen LogP contribution in [0.4, 0.5) is 0 Å². The van der Waals surface area contributed by atoms with Crippen molar-refractivity contribution in [1.29, 1.82) is 0 Å². The number of carbonyl (C=O) groups excluding carboxylic acids is 2. The van der Waals surface area contributed by atoms with E-state index in [9.17, 15) is 9.59 Å². The maximum atomic E-state index is 11.9. The van der Waals surface area contributed by atoms with E-state index < -0.39 is 16.8 Å². The van der Waals surface area contributed by atoms with Gasteiger partial charge >= 0.3 is 5.97 Å². The summed E-state index contributed by atoms with van der Waals surface area (Å²) < 4.78 is 5.16. The van der Waals surface area contributed by atoms with Crippen molar-refractivity contribution in [3.05, 3.63) is 33.3 Å². The fraction of sp³-hybridized carbons (Fsp3) is 0.333. The molecule has 1 aromatic carbocycles. The maximum absolute atomic E-state index is 11.9. The van der Waals surface area contributed by atoms with Crippen LogP contribution >= 0.6 is 34.8 Å². The molecule has 0 N–H and O–H groups in total. The van der Waals surface area contributed by atoms with Gasteiger partial charge in [-0.15, -0.1) is 0 Å². The average Bonchev–Trinajstić information content (AvgIpc) is 2.13. The summed E-state index contributed by atoms with van der Waals surface area (Å²) in [5.74, 6) is -0.636. The van der Waals surface area contributed by atoms with Gasteiger partial charge in [-0.25, -0.2) is 4.79 Å². The lowest BCUT2D eigenvalue weighted by atomic mass is 10.1. The zero-order chi connectivity index (χ0) is 14.1. The third-order valence-electron chi connectivity index (χ3n) is 1.91. The van der Waals surface area contributed by atoms with E-state index in [0.717, 1.165) is 0 Å². The first-order valence-corrected chi connectivity index (χ1v) is 6.18. The summed E-state index contributed by atoms with van der Waals surface area (Å²) in [5.41, 5.74) is -0.700. The summed E-state index contributed by atoms with van der Waals surface area (Å²) in [6, 6.07) is 2.77. The van der Waals surface area contributed by atoms with Crippen LogP contribution in [0.15, 0.2) is 12.1 Å². The first-order valence-electron chi connectivity index (χ1n) is 5.04. The van der Waals surface area contributed by atoms with E-state index >= 15 is 0 Å². The van der Waals surface area contributed by atoms with Crippen LogP contribution in [-0.2, 0) is 4.74 Å². The van der Waals surface area contributed by atoms with E-state index in [1.807, 2.05) is 0 Å². The molecule has 0 aliphatic carbocycles. The van der Waals surface area contributed by atoms with Crippen molar-refractivity contribution in [2.24, 2.45) is 0 Å². The van der Waals surface area contributed by atoms with Gasteiger partial charge in [0, 0.05) is 0 Å². The molecular weight excluding hydrogens is 298 g/mol. The molecule has 0 aliphatic rings. The number of rotatable bonds is 2. The third-order valence-corrected chi connectivity index (χ3v) is 2.80. The second-order valence-corrected chi connectivity index (χ2v) is 5.69. The molecule has 6 heteroatoms. The molecule has 1 aromatic rings. The Morgan fingerprint density at radius 2 is 1.72 bits per heavy atom. The number of benzene rings is 1. The van der Waals surface area contributed by atoms with E-state index in [-0.39, 0.29) is 21.2 Å². The standard InChI is InChI=1S/C12H11Cl3O3/c1-12(2,3)18-11(17)6-4-5-7(13)8(9(6)14)10(15)16/h4-5H,1-3H3. The Hall–Kier alpha value is -0.770. The van der Waals surface area contributed by atoms with Crippen molar-refractivity contribution < 1.29 is 14.3 Å². The Kier molecular flexibility index (Phi) is 4.65. The Morgan fingerprint density at radius 3 is 2.17 bits per heavy atom. The molecule has 1 rings (SSSR count). The van der Waals surface area contributed by atoms with Gasteiger partial charge in [-0.3, -0.25) is 4.79 Å². The van der Waals surface area contributed by atoms with Crippen LogP contribution in [0.5, 0.6) is 0 Å². The van der Waals surface area contributed by atoms with Gasteiger partial charge in [-0.05, 0) is 44.5 Å². The lowest BCUT2D eigenvalue weighted by Crippen LogP contribution is -2.24. The molecule has 0 fully saturated rings. The van der Waals surface area contributed by atoms with Crippen LogP contribution in [0.2, 0.25) is 10.0 Å². The van der Waals surface area contributed by atoms with E-state index in [1.165, 1.54) is 12.1 Å². The van der Waals surface area contributed by atoms with Gasteiger partial charge in [0.1, 0.15) is 5.60 Å². The Morgan fingerprint density at radius 1 is 1.17 bits per heavy atom. The molecular formula is C12H11Cl3O3. The molecule has 0 spiro atoms. The highest BCUT2D eigenvalue weighted by atomic mass is 35.5. The van der Waals surface area contributed by atoms with Crippen molar-refractivity contribution in [2.75, 3.05) is 0 Å². The molecule has 3 nitrogen and oxygen atoms in total. The van der Waals surface area contributed by atoms with E-state index in [4.69, 9.17) is 39.5 Å². The highest BCUT2D eigenvalue weighted by Crippen LogP contribution is 2.30. The minimum Gasteiger partial charge on any atom is -0.456 e. The molecule has 18 heavy (non-hydrogen) atoms.